The smallest absolute Gasteiger partial charge is 0.250 e. The maximum Gasteiger partial charge on any atom is 0.250 e. The number of ether oxygens (including phenoxy) is 1. The number of Topliss-reactive ketones (excluding diaryl/α,β-unsaturated/α-hetero) is 1. The molecule has 30 heavy (non-hydrogen) atoms. The van der Waals surface area contributed by atoms with E-state index in [1.165, 1.54) is 38.3 Å². The van der Waals surface area contributed by atoms with Crippen LogP contribution in [0.15, 0.2) is 53.4 Å². The number of carbonyl (C=O) groups is 3. The van der Waals surface area contributed by atoms with Crippen LogP contribution in [0.3, 0.4) is 0 Å². The molecule has 0 saturated carbocycles. The van der Waals surface area contributed by atoms with Gasteiger partial charge in [0.15, 0.2) is 5.78 Å². The highest BCUT2D eigenvalue weighted by atomic mass is 32.2. The number of rotatable bonds is 10. The van der Waals surface area contributed by atoms with Crippen molar-refractivity contribution in [3.8, 4) is 0 Å². The third kappa shape index (κ3) is 7.07. The molecule has 0 aliphatic rings. The van der Waals surface area contributed by atoms with E-state index in [0.717, 1.165) is 0 Å². The second-order valence-corrected chi connectivity index (χ2v) is 8.11. The van der Waals surface area contributed by atoms with Gasteiger partial charge in [0, 0.05) is 37.0 Å². The van der Waals surface area contributed by atoms with Crippen molar-refractivity contribution in [1.29, 1.82) is 0 Å². The molecular formula is C20H23N3O6S. The lowest BCUT2D eigenvalue weighted by atomic mass is 10.2. The first-order valence-electron chi connectivity index (χ1n) is 9.00. The van der Waals surface area contributed by atoms with Gasteiger partial charge in [-0.1, -0.05) is 18.2 Å². The zero-order valence-electron chi connectivity index (χ0n) is 16.6. The highest BCUT2D eigenvalue weighted by Gasteiger charge is 2.15. The Balaban J connectivity index is 1.87. The Morgan fingerprint density at radius 3 is 2.10 bits per heavy atom. The van der Waals surface area contributed by atoms with E-state index in [2.05, 4.69) is 15.4 Å². The Hall–Kier alpha value is -3.08. The predicted molar refractivity (Wildman–Crippen MR) is 112 cm³/mol. The minimum atomic E-state index is -3.80. The van der Waals surface area contributed by atoms with Crippen LogP contribution < -0.4 is 15.4 Å². The fourth-order valence-corrected chi connectivity index (χ4v) is 3.51. The van der Waals surface area contributed by atoms with Crippen molar-refractivity contribution < 1.29 is 27.5 Å². The molecule has 0 spiro atoms. The lowest BCUT2D eigenvalue weighted by molar-refractivity contribution is -0.119. The standard InChI is InChI=1S/C20H23N3O6S/c1-14(24)15-6-8-18(9-7-15)30(27,28)21-11-10-19(25)22-16-4-3-5-17(12-16)23-20(26)13-29-2/h3-9,12,21H,10-11,13H2,1-2H3,(H,22,25)(H,23,26). The number of carbonyl (C=O) groups excluding carboxylic acids is 3. The van der Waals surface area contributed by atoms with E-state index >= 15 is 0 Å². The summed E-state index contributed by atoms with van der Waals surface area (Å²) >= 11 is 0. The van der Waals surface area contributed by atoms with Crippen molar-refractivity contribution in [2.75, 3.05) is 30.9 Å². The zero-order chi connectivity index (χ0) is 22.1. The number of amides is 2. The molecule has 10 heteroatoms. The van der Waals surface area contributed by atoms with Crippen molar-refractivity contribution in [2.24, 2.45) is 0 Å². The van der Waals surface area contributed by atoms with Crippen LogP contribution in [0.4, 0.5) is 11.4 Å². The van der Waals surface area contributed by atoms with Crippen molar-refractivity contribution in [3.05, 3.63) is 54.1 Å². The molecule has 0 fully saturated rings. The van der Waals surface area contributed by atoms with E-state index < -0.39 is 15.9 Å². The average Bonchev–Trinajstić information content (AvgIpc) is 2.68. The molecule has 160 valence electrons. The van der Waals surface area contributed by atoms with Gasteiger partial charge in [-0.3, -0.25) is 14.4 Å². The molecule has 0 aromatic heterocycles. The van der Waals surface area contributed by atoms with Gasteiger partial charge in [-0.15, -0.1) is 0 Å². The lowest BCUT2D eigenvalue weighted by Gasteiger charge is -2.10. The van der Waals surface area contributed by atoms with Crippen LogP contribution in [-0.2, 0) is 24.3 Å². The molecule has 0 aliphatic heterocycles. The summed E-state index contributed by atoms with van der Waals surface area (Å²) < 4.78 is 31.6. The number of benzene rings is 2. The molecule has 2 aromatic rings. The van der Waals surface area contributed by atoms with E-state index in [4.69, 9.17) is 4.74 Å². The molecule has 3 N–H and O–H groups in total. The fourth-order valence-electron chi connectivity index (χ4n) is 2.48. The third-order valence-corrected chi connectivity index (χ3v) is 5.40. The van der Waals surface area contributed by atoms with E-state index in [0.29, 0.717) is 16.9 Å². The first-order valence-corrected chi connectivity index (χ1v) is 10.5. The molecule has 0 heterocycles. The average molecular weight is 433 g/mol. The largest absolute Gasteiger partial charge is 0.375 e. The second kappa shape index (κ2) is 10.6. The molecule has 2 aromatic carbocycles. The lowest BCUT2D eigenvalue weighted by Crippen LogP contribution is -2.28. The van der Waals surface area contributed by atoms with E-state index in [-0.39, 0.29) is 36.2 Å². The summed E-state index contributed by atoms with van der Waals surface area (Å²) in [4.78, 5) is 34.9. The molecule has 0 aliphatic carbocycles. The summed E-state index contributed by atoms with van der Waals surface area (Å²) in [5.74, 6) is -0.886. The molecule has 0 bridgehead atoms. The number of hydrogen-bond donors (Lipinski definition) is 3. The van der Waals surface area contributed by atoms with Crippen molar-refractivity contribution in [2.45, 2.75) is 18.2 Å². The van der Waals surface area contributed by atoms with Gasteiger partial charge in [-0.05, 0) is 37.3 Å². The molecule has 0 unspecified atom stereocenters. The Labute approximate surface area is 174 Å². The summed E-state index contributed by atoms with van der Waals surface area (Å²) in [5, 5.41) is 5.26. The van der Waals surface area contributed by atoms with Gasteiger partial charge in [0.2, 0.25) is 21.8 Å². The highest BCUT2D eigenvalue weighted by molar-refractivity contribution is 7.89. The third-order valence-electron chi connectivity index (χ3n) is 3.92. The van der Waals surface area contributed by atoms with E-state index in [9.17, 15) is 22.8 Å². The van der Waals surface area contributed by atoms with Crippen molar-refractivity contribution in [1.82, 2.24) is 4.72 Å². The minimum absolute atomic E-state index is 0.00686. The van der Waals surface area contributed by atoms with Crippen LogP contribution in [-0.4, -0.2) is 46.3 Å². The molecular weight excluding hydrogens is 410 g/mol. The first kappa shape index (κ1) is 23.2. The Morgan fingerprint density at radius 2 is 1.53 bits per heavy atom. The van der Waals surface area contributed by atoms with Crippen LogP contribution >= 0.6 is 0 Å². The van der Waals surface area contributed by atoms with Crippen LogP contribution in [0, 0.1) is 0 Å². The molecule has 9 nitrogen and oxygen atoms in total. The molecule has 0 atom stereocenters. The SMILES string of the molecule is COCC(=O)Nc1cccc(NC(=O)CCNS(=O)(=O)c2ccc(C(C)=O)cc2)c1. The van der Waals surface area contributed by atoms with Crippen molar-refractivity contribution >= 4 is 39.0 Å². The highest BCUT2D eigenvalue weighted by Crippen LogP contribution is 2.15. The summed E-state index contributed by atoms with van der Waals surface area (Å²) in [6.45, 7) is 1.20. The predicted octanol–water partition coefficient (Wildman–Crippen LogP) is 1.78. The van der Waals surface area contributed by atoms with Gasteiger partial charge >= 0.3 is 0 Å². The maximum absolute atomic E-state index is 12.3. The van der Waals surface area contributed by atoms with Gasteiger partial charge in [0.25, 0.3) is 0 Å². The van der Waals surface area contributed by atoms with Crippen LogP contribution in [0.25, 0.3) is 0 Å². The normalized spacial score (nSPS) is 11.0. The first-order chi connectivity index (χ1) is 14.2. The molecule has 0 saturated heterocycles. The van der Waals surface area contributed by atoms with Crippen LogP contribution in [0.1, 0.15) is 23.7 Å². The number of hydrogen-bond acceptors (Lipinski definition) is 6. The van der Waals surface area contributed by atoms with E-state index in [1.54, 1.807) is 24.3 Å². The van der Waals surface area contributed by atoms with Crippen LogP contribution in [0.2, 0.25) is 0 Å². The number of ketones is 1. The topological polar surface area (TPSA) is 131 Å². The Morgan fingerprint density at radius 1 is 0.933 bits per heavy atom. The quantitative estimate of drug-likeness (QED) is 0.490. The number of sulfonamides is 1. The summed E-state index contributed by atoms with van der Waals surface area (Å²) in [6, 6.07) is 12.1. The van der Waals surface area contributed by atoms with E-state index in [1.807, 2.05) is 0 Å². The molecule has 2 rings (SSSR count). The summed E-state index contributed by atoms with van der Waals surface area (Å²) in [5.41, 5.74) is 1.36. The van der Waals surface area contributed by atoms with Gasteiger partial charge in [0.1, 0.15) is 6.61 Å². The number of nitrogens with one attached hydrogen (secondary N) is 3. The van der Waals surface area contributed by atoms with Gasteiger partial charge in [-0.2, -0.15) is 0 Å². The maximum atomic E-state index is 12.3. The van der Waals surface area contributed by atoms with Crippen molar-refractivity contribution in [3.63, 3.8) is 0 Å². The number of anilines is 2. The minimum Gasteiger partial charge on any atom is -0.375 e. The number of methoxy groups -OCH3 is 1. The van der Waals surface area contributed by atoms with Gasteiger partial charge in [-0.25, -0.2) is 13.1 Å². The Bertz CT molecular complexity index is 1020. The fraction of sp³-hybridized carbons (Fsp3) is 0.250. The van der Waals surface area contributed by atoms with Gasteiger partial charge in [0.05, 0.1) is 4.90 Å². The second-order valence-electron chi connectivity index (χ2n) is 6.34. The summed E-state index contributed by atoms with van der Waals surface area (Å²) in [6.07, 6.45) is -0.0922. The summed E-state index contributed by atoms with van der Waals surface area (Å²) in [7, 11) is -2.39. The zero-order valence-corrected chi connectivity index (χ0v) is 17.4. The Kier molecular flexibility index (Phi) is 8.22. The molecule has 0 radical (unpaired) electrons. The van der Waals surface area contributed by atoms with Crippen LogP contribution in [0.5, 0.6) is 0 Å². The molecule has 2 amide bonds. The van der Waals surface area contributed by atoms with Gasteiger partial charge < -0.3 is 15.4 Å². The monoisotopic (exact) mass is 433 g/mol.